The Kier molecular flexibility index (Phi) is 4.02. The predicted octanol–water partition coefficient (Wildman–Crippen LogP) is 1.01. The molecular formula is C9H13NO2S. The van der Waals surface area contributed by atoms with Crippen LogP contribution >= 0.6 is 12.6 Å². The lowest BCUT2D eigenvalue weighted by molar-refractivity contribution is -0.136. The molecule has 4 heteroatoms. The number of hydrogen-bond donors (Lipinski definition) is 1. The highest BCUT2D eigenvalue weighted by Crippen LogP contribution is 2.06. The topological polar surface area (TPSA) is 37.4 Å². The van der Waals surface area contributed by atoms with Gasteiger partial charge in [0.05, 0.1) is 0 Å². The first kappa shape index (κ1) is 10.3. The number of unbranched alkanes of at least 4 members (excludes halogenated alkanes) is 2. The summed E-state index contributed by atoms with van der Waals surface area (Å²) in [7, 11) is 0. The van der Waals surface area contributed by atoms with Crippen molar-refractivity contribution in [3.05, 3.63) is 12.2 Å². The smallest absolute Gasteiger partial charge is 0.253 e. The van der Waals surface area contributed by atoms with Crippen LogP contribution in [-0.2, 0) is 9.59 Å². The lowest BCUT2D eigenvalue weighted by Gasteiger charge is -2.12. The molecule has 13 heavy (non-hydrogen) atoms. The van der Waals surface area contributed by atoms with E-state index < -0.39 is 0 Å². The SMILES string of the molecule is O=C1C=CC(=O)N1CCCCCS. The van der Waals surface area contributed by atoms with Crippen molar-refractivity contribution < 1.29 is 9.59 Å². The van der Waals surface area contributed by atoms with E-state index in [1.807, 2.05) is 0 Å². The van der Waals surface area contributed by atoms with Gasteiger partial charge in [0.15, 0.2) is 0 Å². The van der Waals surface area contributed by atoms with Crippen molar-refractivity contribution in [1.82, 2.24) is 4.90 Å². The molecule has 0 radical (unpaired) electrons. The highest BCUT2D eigenvalue weighted by Gasteiger charge is 2.21. The van der Waals surface area contributed by atoms with Crippen LogP contribution in [0.1, 0.15) is 19.3 Å². The van der Waals surface area contributed by atoms with Gasteiger partial charge in [-0.05, 0) is 18.6 Å². The van der Waals surface area contributed by atoms with Gasteiger partial charge in [-0.1, -0.05) is 6.42 Å². The summed E-state index contributed by atoms with van der Waals surface area (Å²) in [5, 5.41) is 0. The summed E-state index contributed by atoms with van der Waals surface area (Å²) in [5.41, 5.74) is 0. The molecular weight excluding hydrogens is 186 g/mol. The largest absolute Gasteiger partial charge is 0.275 e. The van der Waals surface area contributed by atoms with Crippen molar-refractivity contribution in [3.63, 3.8) is 0 Å². The molecule has 2 amide bonds. The lowest BCUT2D eigenvalue weighted by Crippen LogP contribution is -2.30. The molecule has 72 valence electrons. The average molecular weight is 199 g/mol. The van der Waals surface area contributed by atoms with E-state index in [4.69, 9.17) is 0 Å². The monoisotopic (exact) mass is 199 g/mol. The first-order chi connectivity index (χ1) is 6.25. The highest BCUT2D eigenvalue weighted by molar-refractivity contribution is 7.80. The van der Waals surface area contributed by atoms with Gasteiger partial charge in [-0.15, -0.1) is 0 Å². The fourth-order valence-corrected chi connectivity index (χ4v) is 1.43. The van der Waals surface area contributed by atoms with Gasteiger partial charge in [0.1, 0.15) is 0 Å². The third-order valence-corrected chi connectivity index (χ3v) is 2.26. The number of rotatable bonds is 5. The number of imide groups is 1. The van der Waals surface area contributed by atoms with E-state index in [9.17, 15) is 9.59 Å². The zero-order chi connectivity index (χ0) is 9.68. The summed E-state index contributed by atoms with van der Waals surface area (Å²) < 4.78 is 0. The van der Waals surface area contributed by atoms with Crippen LogP contribution in [0.5, 0.6) is 0 Å². The molecule has 1 rings (SSSR count). The second-order valence-corrected chi connectivity index (χ2v) is 3.39. The highest BCUT2D eigenvalue weighted by atomic mass is 32.1. The van der Waals surface area contributed by atoms with Crippen LogP contribution in [-0.4, -0.2) is 29.0 Å². The van der Waals surface area contributed by atoms with Gasteiger partial charge >= 0.3 is 0 Å². The zero-order valence-electron chi connectivity index (χ0n) is 7.40. The zero-order valence-corrected chi connectivity index (χ0v) is 8.30. The molecule has 1 aliphatic heterocycles. The summed E-state index contributed by atoms with van der Waals surface area (Å²) in [6.45, 7) is 0.540. The van der Waals surface area contributed by atoms with Gasteiger partial charge in [-0.25, -0.2) is 0 Å². The normalized spacial score (nSPS) is 15.9. The van der Waals surface area contributed by atoms with E-state index in [1.54, 1.807) is 0 Å². The minimum Gasteiger partial charge on any atom is -0.275 e. The predicted molar refractivity (Wildman–Crippen MR) is 53.6 cm³/mol. The molecule has 1 heterocycles. The maximum absolute atomic E-state index is 11.1. The molecule has 0 spiro atoms. The van der Waals surface area contributed by atoms with Crippen LogP contribution in [0, 0.1) is 0 Å². The summed E-state index contributed by atoms with van der Waals surface area (Å²) in [5.74, 6) is 0.493. The Morgan fingerprint density at radius 2 is 1.69 bits per heavy atom. The molecule has 0 aliphatic carbocycles. The van der Waals surface area contributed by atoms with Gasteiger partial charge < -0.3 is 0 Å². The van der Waals surface area contributed by atoms with Crippen LogP contribution in [0.4, 0.5) is 0 Å². The molecule has 0 fully saturated rings. The fraction of sp³-hybridized carbons (Fsp3) is 0.556. The quantitative estimate of drug-likeness (QED) is 0.407. The third kappa shape index (κ3) is 2.88. The molecule has 0 saturated heterocycles. The van der Waals surface area contributed by atoms with Gasteiger partial charge in [0, 0.05) is 18.7 Å². The standard InChI is InChI=1S/C9H13NO2S/c11-8-4-5-9(12)10(8)6-2-1-3-7-13/h4-5,13H,1-3,6-7H2. The number of hydrogen-bond acceptors (Lipinski definition) is 3. The van der Waals surface area contributed by atoms with Crippen LogP contribution in [0.3, 0.4) is 0 Å². The maximum atomic E-state index is 11.1. The number of amides is 2. The Bertz CT molecular complexity index is 220. The molecule has 0 saturated carbocycles. The van der Waals surface area contributed by atoms with Gasteiger partial charge in [0.25, 0.3) is 11.8 Å². The van der Waals surface area contributed by atoms with Crippen LogP contribution in [0.15, 0.2) is 12.2 Å². The van der Waals surface area contributed by atoms with Gasteiger partial charge in [0.2, 0.25) is 0 Å². The molecule has 3 nitrogen and oxygen atoms in total. The van der Waals surface area contributed by atoms with E-state index in [1.165, 1.54) is 17.1 Å². The van der Waals surface area contributed by atoms with Crippen LogP contribution < -0.4 is 0 Å². The Hall–Kier alpha value is -0.770. The summed E-state index contributed by atoms with van der Waals surface area (Å²) in [6.07, 6.45) is 5.56. The van der Waals surface area contributed by atoms with Crippen molar-refractivity contribution in [1.29, 1.82) is 0 Å². The molecule has 0 aromatic heterocycles. The second-order valence-electron chi connectivity index (χ2n) is 2.95. The van der Waals surface area contributed by atoms with E-state index in [0.717, 1.165) is 25.0 Å². The molecule has 0 aromatic rings. The maximum Gasteiger partial charge on any atom is 0.253 e. The second kappa shape index (κ2) is 5.07. The van der Waals surface area contributed by atoms with E-state index >= 15 is 0 Å². The van der Waals surface area contributed by atoms with Crippen molar-refractivity contribution in [2.24, 2.45) is 0 Å². The Balaban J connectivity index is 2.22. The number of carbonyl (C=O) groups is 2. The van der Waals surface area contributed by atoms with Crippen molar-refractivity contribution in [3.8, 4) is 0 Å². The Labute approximate surface area is 83.2 Å². The van der Waals surface area contributed by atoms with Crippen LogP contribution in [0.2, 0.25) is 0 Å². The van der Waals surface area contributed by atoms with Gasteiger partial charge in [-0.2, -0.15) is 12.6 Å². The van der Waals surface area contributed by atoms with E-state index in [0.29, 0.717) is 6.54 Å². The first-order valence-electron chi connectivity index (χ1n) is 4.40. The Morgan fingerprint density at radius 3 is 2.23 bits per heavy atom. The molecule has 0 aromatic carbocycles. The molecule has 1 aliphatic rings. The minimum absolute atomic E-state index is 0.184. The Morgan fingerprint density at radius 1 is 1.08 bits per heavy atom. The lowest BCUT2D eigenvalue weighted by atomic mass is 10.2. The molecule has 0 atom stereocenters. The van der Waals surface area contributed by atoms with Gasteiger partial charge in [-0.3, -0.25) is 14.5 Å². The molecule has 0 unspecified atom stereocenters. The number of carbonyl (C=O) groups excluding carboxylic acids is 2. The van der Waals surface area contributed by atoms with Crippen molar-refractivity contribution in [2.45, 2.75) is 19.3 Å². The van der Waals surface area contributed by atoms with Crippen molar-refractivity contribution in [2.75, 3.05) is 12.3 Å². The number of nitrogens with zero attached hydrogens (tertiary/aromatic N) is 1. The summed E-state index contributed by atoms with van der Waals surface area (Å²) in [4.78, 5) is 23.4. The van der Waals surface area contributed by atoms with Crippen molar-refractivity contribution >= 4 is 24.4 Å². The molecule has 0 N–H and O–H groups in total. The van der Waals surface area contributed by atoms with E-state index in [-0.39, 0.29) is 11.8 Å². The number of thiol groups is 1. The average Bonchev–Trinajstić information content (AvgIpc) is 2.42. The van der Waals surface area contributed by atoms with Crippen LogP contribution in [0.25, 0.3) is 0 Å². The summed E-state index contributed by atoms with van der Waals surface area (Å²) in [6, 6.07) is 0. The third-order valence-electron chi connectivity index (χ3n) is 1.94. The minimum atomic E-state index is -0.184. The van der Waals surface area contributed by atoms with E-state index in [2.05, 4.69) is 12.6 Å². The molecule has 0 bridgehead atoms. The fourth-order valence-electron chi connectivity index (χ4n) is 1.21. The summed E-state index contributed by atoms with van der Waals surface area (Å²) >= 11 is 4.08. The first-order valence-corrected chi connectivity index (χ1v) is 5.03.